The van der Waals surface area contributed by atoms with E-state index in [0.717, 1.165) is 39.4 Å². The highest BCUT2D eigenvalue weighted by Crippen LogP contribution is 2.42. The minimum absolute atomic E-state index is 0.0754. The summed E-state index contributed by atoms with van der Waals surface area (Å²) in [6.45, 7) is 8.35. The molecule has 3 nitrogen and oxygen atoms in total. The molecule has 0 spiro atoms. The highest BCUT2D eigenvalue weighted by molar-refractivity contribution is 9.09. The summed E-state index contributed by atoms with van der Waals surface area (Å²) >= 11 is 2.06. The van der Waals surface area contributed by atoms with Crippen LogP contribution in [-0.2, 0) is 24.1 Å². The number of aryl methyl sites for hydroxylation is 4. The lowest BCUT2D eigenvalue weighted by Gasteiger charge is -2.26. The van der Waals surface area contributed by atoms with E-state index in [4.69, 9.17) is 0 Å². The highest BCUT2D eigenvalue weighted by atomic mass is 79.9. The van der Waals surface area contributed by atoms with Gasteiger partial charge in [0.25, 0.3) is 0 Å². The molecule has 33 heavy (non-hydrogen) atoms. The molecular formula is C24H23BrF5N3. The van der Waals surface area contributed by atoms with Crippen molar-refractivity contribution in [2.45, 2.75) is 51.8 Å². The average Bonchev–Trinajstić information content (AvgIpc) is 2.71. The average molecular weight is 528 g/mol. The van der Waals surface area contributed by atoms with Crippen molar-refractivity contribution < 1.29 is 22.0 Å². The van der Waals surface area contributed by atoms with Crippen LogP contribution in [0.15, 0.2) is 42.5 Å². The quantitative estimate of drug-likeness (QED) is 0.247. The summed E-state index contributed by atoms with van der Waals surface area (Å²) in [6, 6.07) is 12.3. The van der Waals surface area contributed by atoms with E-state index >= 15 is 0 Å². The zero-order valence-electron chi connectivity index (χ0n) is 18.6. The van der Waals surface area contributed by atoms with Gasteiger partial charge in [0.2, 0.25) is 0 Å². The third kappa shape index (κ3) is 6.07. The van der Waals surface area contributed by atoms with Gasteiger partial charge in [0.05, 0.1) is 5.56 Å². The molecule has 0 bridgehead atoms. The minimum atomic E-state index is -5.06. The van der Waals surface area contributed by atoms with Crippen molar-refractivity contribution in [3.63, 3.8) is 0 Å². The molecule has 0 unspecified atom stereocenters. The number of anilines is 1. The summed E-state index contributed by atoms with van der Waals surface area (Å²) in [5.74, 6) is -0.0754. The third-order valence-corrected chi connectivity index (χ3v) is 6.00. The molecule has 0 saturated heterocycles. The summed E-state index contributed by atoms with van der Waals surface area (Å²) in [4.78, 5) is -2.28. The smallest absolute Gasteiger partial charge is 0.346 e. The Morgan fingerprint density at radius 2 is 1.21 bits per heavy atom. The Bertz CT molecular complexity index is 1100. The van der Waals surface area contributed by atoms with E-state index in [0.29, 0.717) is 0 Å². The van der Waals surface area contributed by atoms with Crippen LogP contribution in [0, 0.1) is 27.7 Å². The second kappa shape index (κ2) is 9.37. The Morgan fingerprint density at radius 1 is 0.727 bits per heavy atom. The van der Waals surface area contributed by atoms with Gasteiger partial charge in [-0.25, -0.2) is 0 Å². The first-order valence-corrected chi connectivity index (χ1v) is 10.9. The molecule has 0 atom stereocenters. The van der Waals surface area contributed by atoms with Crippen molar-refractivity contribution in [1.29, 1.82) is 0 Å². The van der Waals surface area contributed by atoms with Crippen LogP contribution in [0.5, 0.6) is 0 Å². The Hall–Kier alpha value is -2.55. The molecular weight excluding hydrogens is 505 g/mol. The lowest BCUT2D eigenvalue weighted by atomic mass is 10.0. The van der Waals surface area contributed by atoms with Gasteiger partial charge < -0.3 is 4.90 Å². The molecule has 0 N–H and O–H groups in total. The van der Waals surface area contributed by atoms with Crippen molar-refractivity contribution in [3.8, 4) is 0 Å². The van der Waals surface area contributed by atoms with Gasteiger partial charge in [0, 0.05) is 13.1 Å². The van der Waals surface area contributed by atoms with Crippen molar-refractivity contribution in [2.75, 3.05) is 4.90 Å². The molecule has 0 radical (unpaired) electrons. The van der Waals surface area contributed by atoms with Gasteiger partial charge >= 0.3 is 11.0 Å². The van der Waals surface area contributed by atoms with Crippen LogP contribution in [-0.4, -0.2) is 10.2 Å². The Morgan fingerprint density at radius 3 is 1.61 bits per heavy atom. The van der Waals surface area contributed by atoms with Gasteiger partial charge in [0.1, 0.15) is 0 Å². The van der Waals surface area contributed by atoms with Crippen LogP contribution in [0.25, 0.3) is 0 Å². The molecule has 9 heteroatoms. The summed E-state index contributed by atoms with van der Waals surface area (Å²) in [6.07, 6.45) is -5.06. The summed E-state index contributed by atoms with van der Waals surface area (Å²) in [5.41, 5.74) is 3.03. The van der Waals surface area contributed by atoms with Crippen LogP contribution in [0.2, 0.25) is 0 Å². The van der Waals surface area contributed by atoms with Crippen LogP contribution in [0.1, 0.15) is 44.6 Å². The summed E-state index contributed by atoms with van der Waals surface area (Å²) in [7, 11) is 0. The minimum Gasteiger partial charge on any atom is -0.346 e. The second-order valence-electron chi connectivity index (χ2n) is 8.15. The Kier molecular flexibility index (Phi) is 7.12. The van der Waals surface area contributed by atoms with Crippen molar-refractivity contribution in [3.05, 3.63) is 87.1 Å². The molecule has 0 aliphatic rings. The molecule has 0 aliphatic carbocycles. The van der Waals surface area contributed by atoms with Crippen LogP contribution in [0.3, 0.4) is 0 Å². The van der Waals surface area contributed by atoms with Gasteiger partial charge in [-0.1, -0.05) is 36.4 Å². The number of benzene rings is 2. The number of nitrogens with zero attached hydrogens (tertiary/aromatic N) is 3. The fourth-order valence-corrected chi connectivity index (χ4v) is 3.73. The zero-order valence-corrected chi connectivity index (χ0v) is 20.2. The first-order chi connectivity index (χ1) is 15.3. The normalized spacial score (nSPS) is 12.2. The van der Waals surface area contributed by atoms with Crippen LogP contribution < -0.4 is 4.90 Å². The molecule has 0 amide bonds. The van der Waals surface area contributed by atoms with E-state index in [9.17, 15) is 22.0 Å². The number of halogens is 6. The van der Waals surface area contributed by atoms with E-state index in [2.05, 4.69) is 26.1 Å². The maximum absolute atomic E-state index is 14.1. The van der Waals surface area contributed by atoms with Gasteiger partial charge in [-0.05, 0) is 83.1 Å². The highest BCUT2D eigenvalue weighted by Gasteiger charge is 2.44. The maximum Gasteiger partial charge on any atom is 0.435 e. The van der Waals surface area contributed by atoms with Crippen LogP contribution in [0.4, 0.5) is 27.8 Å². The molecule has 1 heterocycles. The molecule has 0 aliphatic heterocycles. The molecule has 1 aromatic heterocycles. The predicted molar refractivity (Wildman–Crippen MR) is 122 cm³/mol. The number of alkyl halides is 6. The predicted octanol–water partition coefficient (Wildman–Crippen LogP) is 7.38. The monoisotopic (exact) mass is 527 g/mol. The largest absolute Gasteiger partial charge is 0.435 e. The summed E-state index contributed by atoms with van der Waals surface area (Å²) in [5, 5.41) is 6.85. The molecule has 0 saturated carbocycles. The number of hydrogen-bond acceptors (Lipinski definition) is 3. The van der Waals surface area contributed by atoms with Crippen molar-refractivity contribution >= 4 is 21.7 Å². The first-order valence-electron chi connectivity index (χ1n) is 10.1. The first kappa shape index (κ1) is 25.1. The number of rotatable bonds is 6. The van der Waals surface area contributed by atoms with E-state index < -0.39 is 22.3 Å². The Labute approximate surface area is 197 Å². The second-order valence-corrected chi connectivity index (χ2v) is 9.15. The lowest BCUT2D eigenvalue weighted by Crippen LogP contribution is -2.26. The van der Waals surface area contributed by atoms with E-state index in [-0.39, 0.29) is 18.9 Å². The van der Waals surface area contributed by atoms with Crippen molar-refractivity contribution in [2.24, 2.45) is 0 Å². The Balaban J connectivity index is 2.09. The zero-order chi connectivity index (χ0) is 24.6. The topological polar surface area (TPSA) is 29.0 Å². The fourth-order valence-electron chi connectivity index (χ4n) is 3.42. The molecule has 3 aromatic rings. The standard InChI is InChI=1S/C24H23BrF5N3/c1-14-5-7-18(9-16(14)3)12-33(13-19-8-6-15(2)17(4)10-19)21-11-20(23(25,26)27)22(32-31-21)24(28,29)30/h5-11H,12-13H2,1-4H3. The SMILES string of the molecule is Cc1ccc(CN(Cc2ccc(C)c(C)c2)c2cc(C(F)(F)Br)c(C(F)(F)F)nn2)cc1C. The van der Waals surface area contributed by atoms with Gasteiger partial charge in [-0.2, -0.15) is 22.0 Å². The molecule has 2 aromatic carbocycles. The summed E-state index contributed by atoms with van der Waals surface area (Å²) < 4.78 is 68.0. The third-order valence-electron chi connectivity index (χ3n) is 5.57. The van der Waals surface area contributed by atoms with Gasteiger partial charge in [0.15, 0.2) is 11.5 Å². The van der Waals surface area contributed by atoms with Gasteiger partial charge in [-0.3, -0.25) is 0 Å². The number of hydrogen-bond donors (Lipinski definition) is 0. The fraction of sp³-hybridized carbons (Fsp3) is 0.333. The van der Waals surface area contributed by atoms with E-state index in [1.165, 1.54) is 0 Å². The molecule has 3 rings (SSSR count). The van der Waals surface area contributed by atoms with Crippen LogP contribution >= 0.6 is 15.9 Å². The van der Waals surface area contributed by atoms with E-state index in [1.54, 1.807) is 4.90 Å². The number of aromatic nitrogens is 2. The molecule has 176 valence electrons. The lowest BCUT2D eigenvalue weighted by molar-refractivity contribution is -0.144. The van der Waals surface area contributed by atoms with Crippen molar-refractivity contribution in [1.82, 2.24) is 10.2 Å². The maximum atomic E-state index is 14.1. The van der Waals surface area contributed by atoms with Gasteiger partial charge in [-0.15, -0.1) is 10.2 Å². The molecule has 0 fully saturated rings. The van der Waals surface area contributed by atoms with E-state index in [1.807, 2.05) is 64.1 Å².